The van der Waals surface area contributed by atoms with Gasteiger partial charge in [0.1, 0.15) is 0 Å². The molecule has 31 heavy (non-hydrogen) atoms. The van der Waals surface area contributed by atoms with Crippen molar-refractivity contribution >= 4 is 21.5 Å². The van der Waals surface area contributed by atoms with Crippen LogP contribution in [0.1, 0.15) is 36.5 Å². The molecule has 0 amide bonds. The first-order valence-corrected chi connectivity index (χ1v) is 10.8. The zero-order valence-corrected chi connectivity index (χ0v) is 18.5. The molecule has 3 aromatic carbocycles. The van der Waals surface area contributed by atoms with Gasteiger partial charge in [-0.3, -0.25) is 4.90 Å². The third-order valence-electron chi connectivity index (χ3n) is 6.96. The summed E-state index contributed by atoms with van der Waals surface area (Å²) in [5.74, 6) is 2.69. The van der Waals surface area contributed by atoms with Gasteiger partial charge in [0, 0.05) is 12.6 Å². The highest BCUT2D eigenvalue weighted by atomic mass is 16.5. The Balaban J connectivity index is 1.91. The Morgan fingerprint density at radius 3 is 1.84 bits per heavy atom. The summed E-state index contributed by atoms with van der Waals surface area (Å²) in [6, 6.07) is 8.22. The van der Waals surface area contributed by atoms with Crippen LogP contribution in [0.5, 0.6) is 23.0 Å². The first kappa shape index (κ1) is 20.2. The first-order chi connectivity index (χ1) is 15.1. The summed E-state index contributed by atoms with van der Waals surface area (Å²) in [5, 5.41) is 15.7. The molecule has 0 aromatic heterocycles. The van der Waals surface area contributed by atoms with Gasteiger partial charge in [0.15, 0.2) is 23.0 Å². The van der Waals surface area contributed by atoms with E-state index >= 15 is 0 Å². The SMILES string of the molecule is COc1cc2c3c(c4cc(OC)c(OC)cc4c2cc1OC)C(O)C1CCCCN1C3. The summed E-state index contributed by atoms with van der Waals surface area (Å²) < 4.78 is 22.4. The minimum atomic E-state index is -0.554. The number of hydrogen-bond acceptors (Lipinski definition) is 6. The highest BCUT2D eigenvalue weighted by molar-refractivity contribution is 6.13. The Kier molecular flexibility index (Phi) is 5.07. The lowest BCUT2D eigenvalue weighted by Crippen LogP contribution is -2.46. The second kappa shape index (κ2) is 7.77. The topological polar surface area (TPSA) is 60.4 Å². The van der Waals surface area contributed by atoms with Crippen molar-refractivity contribution in [3.05, 3.63) is 35.4 Å². The van der Waals surface area contributed by atoms with Gasteiger partial charge in [-0.15, -0.1) is 0 Å². The van der Waals surface area contributed by atoms with Gasteiger partial charge in [-0.1, -0.05) is 6.42 Å². The Morgan fingerprint density at radius 2 is 1.26 bits per heavy atom. The van der Waals surface area contributed by atoms with Gasteiger partial charge in [0.25, 0.3) is 0 Å². The standard InChI is InChI=1S/C25H29NO5/c1-28-20-9-14-15-10-21(29-2)23(31-4)12-17(15)24-18(16(14)11-22(20)30-3)13-26-8-6-5-7-19(26)25(24)27/h9-12,19,25,27H,5-8,13H2,1-4H3. The van der Waals surface area contributed by atoms with Crippen molar-refractivity contribution in [2.45, 2.75) is 38.0 Å². The third-order valence-corrected chi connectivity index (χ3v) is 6.96. The van der Waals surface area contributed by atoms with Crippen molar-refractivity contribution in [3.8, 4) is 23.0 Å². The van der Waals surface area contributed by atoms with Gasteiger partial charge >= 0.3 is 0 Å². The molecule has 2 aliphatic rings. The summed E-state index contributed by atoms with van der Waals surface area (Å²) in [7, 11) is 6.59. The van der Waals surface area contributed by atoms with Crippen molar-refractivity contribution < 1.29 is 24.1 Å². The number of rotatable bonds is 4. The number of nitrogens with zero attached hydrogens (tertiary/aromatic N) is 1. The van der Waals surface area contributed by atoms with Crippen LogP contribution in [0.3, 0.4) is 0 Å². The predicted molar refractivity (Wildman–Crippen MR) is 121 cm³/mol. The van der Waals surface area contributed by atoms with Gasteiger partial charge in [-0.05, 0) is 76.3 Å². The molecule has 2 heterocycles. The van der Waals surface area contributed by atoms with Gasteiger partial charge in [-0.25, -0.2) is 0 Å². The van der Waals surface area contributed by atoms with Gasteiger partial charge in [-0.2, -0.15) is 0 Å². The second-order valence-corrected chi connectivity index (χ2v) is 8.38. The first-order valence-electron chi connectivity index (χ1n) is 10.8. The fraction of sp³-hybridized carbons (Fsp3) is 0.440. The van der Waals surface area contributed by atoms with E-state index in [1.165, 1.54) is 6.42 Å². The Labute approximate surface area is 182 Å². The van der Waals surface area contributed by atoms with Crippen molar-refractivity contribution in [1.29, 1.82) is 0 Å². The van der Waals surface area contributed by atoms with E-state index in [9.17, 15) is 5.11 Å². The fourth-order valence-corrected chi connectivity index (χ4v) is 5.46. The molecule has 0 saturated carbocycles. The quantitative estimate of drug-likeness (QED) is 0.627. The average molecular weight is 424 g/mol. The molecule has 0 aliphatic carbocycles. The lowest BCUT2D eigenvalue weighted by atomic mass is 9.80. The molecule has 3 aromatic rings. The largest absolute Gasteiger partial charge is 0.493 e. The van der Waals surface area contributed by atoms with E-state index in [0.717, 1.165) is 58.6 Å². The van der Waals surface area contributed by atoms with Crippen molar-refractivity contribution in [2.75, 3.05) is 35.0 Å². The van der Waals surface area contributed by atoms with Crippen LogP contribution in [0.15, 0.2) is 24.3 Å². The molecule has 6 nitrogen and oxygen atoms in total. The molecule has 164 valence electrons. The maximum Gasteiger partial charge on any atom is 0.161 e. The minimum absolute atomic E-state index is 0.148. The molecule has 2 aliphatic heterocycles. The van der Waals surface area contributed by atoms with Gasteiger partial charge in [0.05, 0.1) is 34.5 Å². The average Bonchev–Trinajstić information content (AvgIpc) is 2.82. The van der Waals surface area contributed by atoms with E-state index in [1.54, 1.807) is 28.4 Å². The number of piperidine rings is 1. The number of hydrogen-bond donors (Lipinski definition) is 1. The molecule has 2 atom stereocenters. The van der Waals surface area contributed by atoms with Crippen LogP contribution >= 0.6 is 0 Å². The number of aliphatic hydroxyl groups is 1. The van der Waals surface area contributed by atoms with Gasteiger partial charge < -0.3 is 24.1 Å². The number of methoxy groups -OCH3 is 4. The van der Waals surface area contributed by atoms with Gasteiger partial charge in [0.2, 0.25) is 0 Å². The normalized spacial score (nSPS) is 20.9. The molecule has 1 N–H and O–H groups in total. The van der Waals surface area contributed by atoms with Crippen LogP contribution < -0.4 is 18.9 Å². The summed E-state index contributed by atoms with van der Waals surface area (Å²) in [4.78, 5) is 2.43. The number of benzene rings is 3. The molecule has 1 fully saturated rings. The Bertz CT molecular complexity index is 1160. The highest BCUT2D eigenvalue weighted by Crippen LogP contribution is 2.48. The van der Waals surface area contributed by atoms with E-state index in [4.69, 9.17) is 18.9 Å². The summed E-state index contributed by atoms with van der Waals surface area (Å²) in [5.41, 5.74) is 2.15. The number of aliphatic hydroxyl groups excluding tert-OH is 1. The zero-order chi connectivity index (χ0) is 21.7. The molecule has 0 radical (unpaired) electrons. The van der Waals surface area contributed by atoms with Crippen LogP contribution in [0.4, 0.5) is 0 Å². The lowest BCUT2D eigenvalue weighted by Gasteiger charge is -2.44. The third kappa shape index (κ3) is 3.00. The van der Waals surface area contributed by atoms with E-state index in [2.05, 4.69) is 4.90 Å². The molecule has 0 spiro atoms. The van der Waals surface area contributed by atoms with E-state index in [1.807, 2.05) is 24.3 Å². The van der Waals surface area contributed by atoms with Crippen LogP contribution in [0.2, 0.25) is 0 Å². The van der Waals surface area contributed by atoms with Crippen LogP contribution in [0.25, 0.3) is 21.5 Å². The summed E-state index contributed by atoms with van der Waals surface area (Å²) in [6.07, 6.45) is 2.79. The summed E-state index contributed by atoms with van der Waals surface area (Å²) >= 11 is 0. The van der Waals surface area contributed by atoms with E-state index < -0.39 is 6.10 Å². The number of fused-ring (bicyclic) bond motifs is 7. The molecule has 2 unspecified atom stereocenters. The van der Waals surface area contributed by atoms with E-state index in [-0.39, 0.29) is 6.04 Å². The predicted octanol–water partition coefficient (Wildman–Crippen LogP) is 4.43. The lowest BCUT2D eigenvalue weighted by molar-refractivity contribution is 0.00754. The minimum Gasteiger partial charge on any atom is -0.493 e. The molecule has 6 heteroatoms. The fourth-order valence-electron chi connectivity index (χ4n) is 5.46. The Hall–Kier alpha value is -2.70. The van der Waals surface area contributed by atoms with Crippen LogP contribution in [-0.2, 0) is 6.54 Å². The van der Waals surface area contributed by atoms with Crippen LogP contribution in [0, 0.1) is 0 Å². The highest BCUT2D eigenvalue weighted by Gasteiger charge is 2.38. The monoisotopic (exact) mass is 423 g/mol. The van der Waals surface area contributed by atoms with E-state index in [0.29, 0.717) is 23.0 Å². The molecule has 0 bridgehead atoms. The molecular formula is C25H29NO5. The summed E-state index contributed by atoms with van der Waals surface area (Å²) in [6.45, 7) is 1.83. The van der Waals surface area contributed by atoms with Crippen LogP contribution in [-0.4, -0.2) is 51.0 Å². The van der Waals surface area contributed by atoms with Crippen molar-refractivity contribution in [1.82, 2.24) is 4.90 Å². The maximum absolute atomic E-state index is 11.6. The molecule has 1 saturated heterocycles. The van der Waals surface area contributed by atoms with Crippen molar-refractivity contribution in [2.24, 2.45) is 0 Å². The Morgan fingerprint density at radius 1 is 0.742 bits per heavy atom. The second-order valence-electron chi connectivity index (χ2n) is 8.38. The number of ether oxygens (including phenoxy) is 4. The molecular weight excluding hydrogens is 394 g/mol. The van der Waals surface area contributed by atoms with Crippen molar-refractivity contribution in [3.63, 3.8) is 0 Å². The maximum atomic E-state index is 11.6. The molecule has 5 rings (SSSR count). The smallest absolute Gasteiger partial charge is 0.161 e. The zero-order valence-electron chi connectivity index (χ0n) is 18.5.